The quantitative estimate of drug-likeness (QED) is 0.443. The lowest BCUT2D eigenvalue weighted by Crippen LogP contribution is -2.45. The van der Waals surface area contributed by atoms with Crippen molar-refractivity contribution in [2.75, 3.05) is 53.5 Å². The number of nitrogens with two attached hydrogens (primary N) is 1. The third kappa shape index (κ3) is 5.04. The second kappa shape index (κ2) is 8.38. The minimum absolute atomic E-state index is 0. The van der Waals surface area contributed by atoms with E-state index in [1.54, 1.807) is 0 Å². The lowest BCUT2D eigenvalue weighted by atomic mass is 9.86. The molecule has 20 heavy (non-hydrogen) atoms. The normalized spacial score (nSPS) is 22.9. The van der Waals surface area contributed by atoms with Crippen LogP contribution in [0.5, 0.6) is 0 Å². The van der Waals surface area contributed by atoms with Gasteiger partial charge in [0.15, 0.2) is 5.96 Å². The number of nitrogens with zero attached hydrogens (tertiary/aromatic N) is 3. The first-order valence-corrected chi connectivity index (χ1v) is 7.39. The topological polar surface area (TPSA) is 54.1 Å². The summed E-state index contributed by atoms with van der Waals surface area (Å²) >= 11 is 0. The number of hydrogen-bond acceptors (Lipinski definition) is 3. The van der Waals surface area contributed by atoms with Crippen LogP contribution in [0.3, 0.4) is 0 Å². The van der Waals surface area contributed by atoms with Gasteiger partial charge < -0.3 is 20.3 Å². The zero-order chi connectivity index (χ0) is 13.7. The summed E-state index contributed by atoms with van der Waals surface area (Å²) in [5.41, 5.74) is 6.47. The fourth-order valence-electron chi connectivity index (χ4n) is 3.30. The first-order valence-electron chi connectivity index (χ1n) is 7.39. The monoisotopic (exact) mass is 396 g/mol. The highest BCUT2D eigenvalue weighted by molar-refractivity contribution is 14.0. The van der Waals surface area contributed by atoms with Crippen molar-refractivity contribution in [3.05, 3.63) is 0 Å². The van der Waals surface area contributed by atoms with Crippen LogP contribution < -0.4 is 5.73 Å². The van der Waals surface area contributed by atoms with Gasteiger partial charge in [-0.15, -0.1) is 24.0 Å². The van der Waals surface area contributed by atoms with Crippen molar-refractivity contribution in [2.24, 2.45) is 16.1 Å². The summed E-state index contributed by atoms with van der Waals surface area (Å²) in [7, 11) is 4.30. The number of halogens is 1. The van der Waals surface area contributed by atoms with E-state index in [1.165, 1.54) is 25.7 Å². The molecule has 1 aliphatic heterocycles. The van der Waals surface area contributed by atoms with Crippen molar-refractivity contribution in [1.82, 2.24) is 9.80 Å². The molecule has 0 bridgehead atoms. The summed E-state index contributed by atoms with van der Waals surface area (Å²) in [6, 6.07) is 0. The van der Waals surface area contributed by atoms with Crippen LogP contribution in [0.2, 0.25) is 0 Å². The number of hydrogen-bond donors (Lipinski definition) is 1. The molecule has 2 aliphatic rings. The van der Waals surface area contributed by atoms with Crippen LogP contribution in [0.4, 0.5) is 0 Å². The van der Waals surface area contributed by atoms with E-state index in [1.807, 2.05) is 0 Å². The van der Waals surface area contributed by atoms with Crippen LogP contribution in [0.15, 0.2) is 4.99 Å². The van der Waals surface area contributed by atoms with Gasteiger partial charge in [-0.05, 0) is 26.9 Å². The van der Waals surface area contributed by atoms with E-state index in [4.69, 9.17) is 15.5 Å². The van der Waals surface area contributed by atoms with Gasteiger partial charge in [0.2, 0.25) is 0 Å². The Balaban J connectivity index is 0.00000200. The SMILES string of the molecule is CN(C)CC1(CN=C(N)N2CCOCC2)CCCC1.I. The van der Waals surface area contributed by atoms with E-state index in [-0.39, 0.29) is 24.0 Å². The standard InChI is InChI=1S/C14H28N4O.HI/c1-17(2)12-14(5-3-4-6-14)11-16-13(15)18-7-9-19-10-8-18;/h3-12H2,1-2H3,(H2,15,16);1H. The van der Waals surface area contributed by atoms with Gasteiger partial charge in [-0.25, -0.2) is 0 Å². The van der Waals surface area contributed by atoms with E-state index < -0.39 is 0 Å². The van der Waals surface area contributed by atoms with Gasteiger partial charge in [-0.3, -0.25) is 4.99 Å². The van der Waals surface area contributed by atoms with E-state index in [0.29, 0.717) is 11.4 Å². The minimum atomic E-state index is 0. The number of guanidine groups is 1. The smallest absolute Gasteiger partial charge is 0.191 e. The molecule has 1 aliphatic carbocycles. The lowest BCUT2D eigenvalue weighted by Gasteiger charge is -2.32. The van der Waals surface area contributed by atoms with Crippen molar-refractivity contribution in [2.45, 2.75) is 25.7 Å². The predicted octanol–water partition coefficient (Wildman–Crippen LogP) is 1.37. The van der Waals surface area contributed by atoms with Crippen LogP contribution in [-0.2, 0) is 4.74 Å². The minimum Gasteiger partial charge on any atom is -0.378 e. The molecular formula is C14H29IN4O. The number of morpholine rings is 1. The molecule has 5 nitrogen and oxygen atoms in total. The molecule has 1 saturated carbocycles. The van der Waals surface area contributed by atoms with Gasteiger partial charge in [-0.2, -0.15) is 0 Å². The average Bonchev–Trinajstić information content (AvgIpc) is 2.85. The zero-order valence-corrected chi connectivity index (χ0v) is 15.1. The van der Waals surface area contributed by atoms with Crippen LogP contribution >= 0.6 is 24.0 Å². The molecule has 0 atom stereocenters. The largest absolute Gasteiger partial charge is 0.378 e. The second-order valence-corrected chi connectivity index (χ2v) is 6.22. The summed E-state index contributed by atoms with van der Waals surface area (Å²) in [5, 5.41) is 0. The Morgan fingerprint density at radius 3 is 2.40 bits per heavy atom. The summed E-state index contributed by atoms with van der Waals surface area (Å²) in [4.78, 5) is 9.12. The highest BCUT2D eigenvalue weighted by atomic mass is 127. The number of rotatable bonds is 4. The highest BCUT2D eigenvalue weighted by Gasteiger charge is 2.34. The fraction of sp³-hybridized carbons (Fsp3) is 0.929. The Hall–Kier alpha value is -0.0800. The van der Waals surface area contributed by atoms with Crippen LogP contribution in [0.25, 0.3) is 0 Å². The van der Waals surface area contributed by atoms with Crippen molar-refractivity contribution < 1.29 is 4.74 Å². The molecule has 1 saturated heterocycles. The first-order chi connectivity index (χ1) is 9.11. The van der Waals surface area contributed by atoms with Gasteiger partial charge in [0.1, 0.15) is 0 Å². The maximum atomic E-state index is 6.12. The molecule has 0 amide bonds. The fourth-order valence-corrected chi connectivity index (χ4v) is 3.30. The molecule has 0 radical (unpaired) electrons. The molecule has 6 heteroatoms. The Morgan fingerprint density at radius 1 is 1.25 bits per heavy atom. The summed E-state index contributed by atoms with van der Waals surface area (Å²) in [5.74, 6) is 0.702. The van der Waals surface area contributed by atoms with Crippen molar-refractivity contribution in [3.8, 4) is 0 Å². The molecule has 0 aromatic carbocycles. The molecule has 0 aromatic heterocycles. The molecule has 0 unspecified atom stereocenters. The molecule has 118 valence electrons. The molecule has 2 fully saturated rings. The first kappa shape index (κ1) is 18.0. The average molecular weight is 396 g/mol. The van der Waals surface area contributed by atoms with Gasteiger partial charge in [-0.1, -0.05) is 12.8 Å². The molecule has 2 N–H and O–H groups in total. The molecule has 2 rings (SSSR count). The van der Waals surface area contributed by atoms with E-state index in [0.717, 1.165) is 39.4 Å². The van der Waals surface area contributed by atoms with Crippen LogP contribution in [-0.4, -0.2) is 69.2 Å². The maximum absolute atomic E-state index is 6.12. The third-order valence-corrected chi connectivity index (χ3v) is 4.23. The van der Waals surface area contributed by atoms with E-state index in [2.05, 4.69) is 23.9 Å². The van der Waals surface area contributed by atoms with Gasteiger partial charge in [0.05, 0.1) is 13.2 Å². The van der Waals surface area contributed by atoms with Gasteiger partial charge in [0, 0.05) is 31.6 Å². The predicted molar refractivity (Wildman–Crippen MR) is 93.8 cm³/mol. The van der Waals surface area contributed by atoms with Crippen molar-refractivity contribution >= 4 is 29.9 Å². The van der Waals surface area contributed by atoms with Crippen molar-refractivity contribution in [3.63, 3.8) is 0 Å². The molecule has 0 aromatic rings. The lowest BCUT2D eigenvalue weighted by molar-refractivity contribution is 0.0672. The van der Waals surface area contributed by atoms with Crippen molar-refractivity contribution in [1.29, 1.82) is 0 Å². The van der Waals surface area contributed by atoms with Gasteiger partial charge >= 0.3 is 0 Å². The summed E-state index contributed by atoms with van der Waals surface area (Å²) < 4.78 is 5.34. The van der Waals surface area contributed by atoms with Crippen LogP contribution in [0, 0.1) is 5.41 Å². The van der Waals surface area contributed by atoms with Crippen LogP contribution in [0.1, 0.15) is 25.7 Å². The Labute approximate surface area is 139 Å². The summed E-state index contributed by atoms with van der Waals surface area (Å²) in [6.45, 7) is 5.26. The molecular weight excluding hydrogens is 367 g/mol. The molecule has 0 spiro atoms. The Morgan fingerprint density at radius 2 is 1.85 bits per heavy atom. The number of ether oxygens (including phenoxy) is 1. The van der Waals surface area contributed by atoms with E-state index in [9.17, 15) is 0 Å². The molecule has 1 heterocycles. The maximum Gasteiger partial charge on any atom is 0.191 e. The van der Waals surface area contributed by atoms with Gasteiger partial charge in [0.25, 0.3) is 0 Å². The second-order valence-electron chi connectivity index (χ2n) is 6.22. The Bertz CT molecular complexity index is 310. The zero-order valence-electron chi connectivity index (χ0n) is 12.8. The highest BCUT2D eigenvalue weighted by Crippen LogP contribution is 2.38. The Kier molecular flexibility index (Phi) is 7.53. The van der Waals surface area contributed by atoms with E-state index >= 15 is 0 Å². The summed E-state index contributed by atoms with van der Waals surface area (Å²) in [6.07, 6.45) is 5.23. The number of aliphatic imine (C=N–C) groups is 1. The third-order valence-electron chi connectivity index (χ3n) is 4.23.